The second kappa shape index (κ2) is 5.06. The fraction of sp³-hybridized carbons (Fsp3) is 1.00. The summed E-state index contributed by atoms with van der Waals surface area (Å²) < 4.78 is 5.19. The summed E-state index contributed by atoms with van der Waals surface area (Å²) in [5.74, 6) is 0. The molecule has 1 heterocycles. The first kappa shape index (κ1) is 7.92. The van der Waals surface area contributed by atoms with Gasteiger partial charge in [0.05, 0.1) is 0 Å². The van der Waals surface area contributed by atoms with E-state index in [9.17, 15) is 0 Å². The van der Waals surface area contributed by atoms with Crippen molar-refractivity contribution < 1.29 is 10.2 Å². The Bertz CT molecular complexity index is 26.1. The molecule has 0 aromatic carbocycles. The molecule has 1 aliphatic heterocycles. The quantitative estimate of drug-likeness (QED) is 0.462. The van der Waals surface area contributed by atoms with Crippen molar-refractivity contribution >= 4 is 0 Å². The van der Waals surface area contributed by atoms with E-state index in [0.717, 1.165) is 13.2 Å². The molecule has 1 rings (SSSR count). The van der Waals surface area contributed by atoms with Gasteiger partial charge in [-0.3, -0.25) is 0 Å². The van der Waals surface area contributed by atoms with Crippen LogP contribution >= 0.6 is 0 Å². The third kappa shape index (κ3) is 2.99. The second-order valence-corrected chi connectivity index (χ2v) is 2.03. The van der Waals surface area contributed by atoms with E-state index in [4.69, 9.17) is 4.74 Å². The SMILES string of the molecule is C1CCCOCC1.O. The first-order valence-corrected chi connectivity index (χ1v) is 3.08. The van der Waals surface area contributed by atoms with Gasteiger partial charge in [-0.15, -0.1) is 0 Å². The van der Waals surface area contributed by atoms with Crippen LogP contribution in [0.2, 0.25) is 0 Å². The molecule has 0 saturated carbocycles. The molecule has 0 bridgehead atoms. The van der Waals surface area contributed by atoms with E-state index >= 15 is 0 Å². The maximum Gasteiger partial charge on any atom is 0.0466 e. The van der Waals surface area contributed by atoms with Gasteiger partial charge in [-0.25, -0.2) is 0 Å². The average molecular weight is 118 g/mol. The monoisotopic (exact) mass is 118 g/mol. The number of ether oxygens (including phenoxy) is 1. The van der Waals surface area contributed by atoms with Gasteiger partial charge in [0.15, 0.2) is 0 Å². The molecule has 0 aliphatic carbocycles. The van der Waals surface area contributed by atoms with Crippen molar-refractivity contribution in [3.63, 3.8) is 0 Å². The lowest BCUT2D eigenvalue weighted by atomic mass is 10.2. The summed E-state index contributed by atoms with van der Waals surface area (Å²) >= 11 is 0. The van der Waals surface area contributed by atoms with Crippen LogP contribution in [-0.4, -0.2) is 18.7 Å². The maximum atomic E-state index is 5.19. The predicted octanol–water partition coefficient (Wildman–Crippen LogP) is 0.752. The van der Waals surface area contributed by atoms with Crippen LogP contribution in [0.1, 0.15) is 25.7 Å². The fourth-order valence-electron chi connectivity index (χ4n) is 0.864. The molecule has 0 aromatic rings. The molecule has 2 heteroatoms. The van der Waals surface area contributed by atoms with Crippen LogP contribution in [0, 0.1) is 0 Å². The molecular formula is C6H14O2. The van der Waals surface area contributed by atoms with Crippen LogP contribution in [0.15, 0.2) is 0 Å². The molecule has 50 valence electrons. The van der Waals surface area contributed by atoms with Crippen molar-refractivity contribution in [3.8, 4) is 0 Å². The smallest absolute Gasteiger partial charge is 0.0466 e. The zero-order valence-corrected chi connectivity index (χ0v) is 5.15. The van der Waals surface area contributed by atoms with E-state index in [1.807, 2.05) is 0 Å². The zero-order valence-electron chi connectivity index (χ0n) is 5.15. The molecule has 1 saturated heterocycles. The molecule has 0 radical (unpaired) electrons. The van der Waals surface area contributed by atoms with E-state index in [1.54, 1.807) is 0 Å². The van der Waals surface area contributed by atoms with Gasteiger partial charge in [0.25, 0.3) is 0 Å². The van der Waals surface area contributed by atoms with Crippen molar-refractivity contribution in [1.82, 2.24) is 0 Å². The molecular weight excluding hydrogens is 104 g/mol. The van der Waals surface area contributed by atoms with Crippen molar-refractivity contribution in [2.75, 3.05) is 13.2 Å². The summed E-state index contributed by atoms with van der Waals surface area (Å²) in [6.07, 6.45) is 5.31. The van der Waals surface area contributed by atoms with Crippen LogP contribution in [0.3, 0.4) is 0 Å². The van der Waals surface area contributed by atoms with E-state index in [1.165, 1.54) is 25.7 Å². The van der Waals surface area contributed by atoms with Crippen molar-refractivity contribution in [3.05, 3.63) is 0 Å². The van der Waals surface area contributed by atoms with Crippen molar-refractivity contribution in [1.29, 1.82) is 0 Å². The number of rotatable bonds is 0. The Labute approximate surface area is 50.2 Å². The molecule has 8 heavy (non-hydrogen) atoms. The molecule has 2 N–H and O–H groups in total. The first-order valence-electron chi connectivity index (χ1n) is 3.08. The normalized spacial score (nSPS) is 21.0. The summed E-state index contributed by atoms with van der Waals surface area (Å²) in [7, 11) is 0. The Morgan fingerprint density at radius 3 is 1.75 bits per heavy atom. The largest absolute Gasteiger partial charge is 0.412 e. The Morgan fingerprint density at radius 2 is 1.25 bits per heavy atom. The number of hydrogen-bond acceptors (Lipinski definition) is 1. The summed E-state index contributed by atoms with van der Waals surface area (Å²) in [5, 5.41) is 0. The Kier molecular flexibility index (Phi) is 5.01. The first-order chi connectivity index (χ1) is 3.50. The lowest BCUT2D eigenvalue weighted by Crippen LogP contribution is -1.89. The molecule has 0 aromatic heterocycles. The van der Waals surface area contributed by atoms with Gasteiger partial charge in [-0.1, -0.05) is 12.8 Å². The summed E-state index contributed by atoms with van der Waals surface area (Å²) in [6, 6.07) is 0. The third-order valence-electron chi connectivity index (χ3n) is 1.33. The van der Waals surface area contributed by atoms with Gasteiger partial charge in [-0.2, -0.15) is 0 Å². The average Bonchev–Trinajstić information content (AvgIpc) is 1.90. The van der Waals surface area contributed by atoms with Crippen molar-refractivity contribution in [2.24, 2.45) is 0 Å². The van der Waals surface area contributed by atoms with Gasteiger partial charge < -0.3 is 10.2 Å². The Balaban J connectivity index is 0.000000490. The van der Waals surface area contributed by atoms with Gasteiger partial charge in [0.2, 0.25) is 0 Å². The minimum Gasteiger partial charge on any atom is -0.412 e. The minimum absolute atomic E-state index is 0. The summed E-state index contributed by atoms with van der Waals surface area (Å²) in [6.45, 7) is 2.00. The van der Waals surface area contributed by atoms with Crippen LogP contribution < -0.4 is 0 Å². The third-order valence-corrected chi connectivity index (χ3v) is 1.33. The zero-order chi connectivity index (χ0) is 4.95. The standard InChI is InChI=1S/C6H12O.H2O/c1-2-4-6-7-5-3-1;/h1-6H2;1H2. The molecule has 0 atom stereocenters. The second-order valence-electron chi connectivity index (χ2n) is 2.03. The minimum atomic E-state index is 0. The van der Waals surface area contributed by atoms with E-state index in [0.29, 0.717) is 0 Å². The highest BCUT2D eigenvalue weighted by Gasteiger charge is 1.95. The molecule has 0 unspecified atom stereocenters. The topological polar surface area (TPSA) is 40.7 Å². The lowest BCUT2D eigenvalue weighted by molar-refractivity contribution is 0.144. The molecule has 1 fully saturated rings. The number of hydrogen-bond donors (Lipinski definition) is 0. The van der Waals surface area contributed by atoms with Gasteiger partial charge in [-0.05, 0) is 12.8 Å². The lowest BCUT2D eigenvalue weighted by Gasteiger charge is -1.91. The highest BCUT2D eigenvalue weighted by molar-refractivity contribution is 4.46. The maximum absolute atomic E-state index is 5.19. The predicted molar refractivity (Wildman–Crippen MR) is 32.9 cm³/mol. The fourth-order valence-corrected chi connectivity index (χ4v) is 0.864. The molecule has 0 spiro atoms. The van der Waals surface area contributed by atoms with Gasteiger partial charge in [0, 0.05) is 13.2 Å². The van der Waals surface area contributed by atoms with Crippen LogP contribution in [-0.2, 0) is 4.74 Å². The van der Waals surface area contributed by atoms with Gasteiger partial charge in [0.1, 0.15) is 0 Å². The Hall–Kier alpha value is -0.0800. The Morgan fingerprint density at radius 1 is 0.750 bits per heavy atom. The van der Waals surface area contributed by atoms with E-state index in [2.05, 4.69) is 0 Å². The highest BCUT2D eigenvalue weighted by atomic mass is 16.5. The summed E-state index contributed by atoms with van der Waals surface area (Å²) in [4.78, 5) is 0. The van der Waals surface area contributed by atoms with E-state index in [-0.39, 0.29) is 5.48 Å². The van der Waals surface area contributed by atoms with Crippen molar-refractivity contribution in [2.45, 2.75) is 25.7 Å². The highest BCUT2D eigenvalue weighted by Crippen LogP contribution is 2.04. The summed E-state index contributed by atoms with van der Waals surface area (Å²) in [5.41, 5.74) is 0. The van der Waals surface area contributed by atoms with Crippen LogP contribution in [0.4, 0.5) is 0 Å². The molecule has 1 aliphatic rings. The molecule has 0 amide bonds. The van der Waals surface area contributed by atoms with E-state index < -0.39 is 0 Å². The van der Waals surface area contributed by atoms with Crippen LogP contribution in [0.5, 0.6) is 0 Å². The van der Waals surface area contributed by atoms with Crippen LogP contribution in [0.25, 0.3) is 0 Å². The molecule has 2 nitrogen and oxygen atoms in total. The van der Waals surface area contributed by atoms with Gasteiger partial charge >= 0.3 is 0 Å².